The second kappa shape index (κ2) is 7.14. The van der Waals surface area contributed by atoms with Crippen LogP contribution in [0.15, 0.2) is 22.5 Å². The molecule has 0 aliphatic heterocycles. The Morgan fingerprint density at radius 1 is 1.46 bits per heavy atom. The van der Waals surface area contributed by atoms with Gasteiger partial charge < -0.3 is 9.84 Å². The molecule has 0 saturated carbocycles. The van der Waals surface area contributed by atoms with E-state index < -0.39 is 22.6 Å². The third-order valence-electron chi connectivity index (χ3n) is 3.24. The Bertz CT molecular complexity index is 864. The van der Waals surface area contributed by atoms with E-state index in [0.717, 1.165) is 11.3 Å². The van der Waals surface area contributed by atoms with Crippen LogP contribution < -0.4 is 10.1 Å². The number of ether oxygens (including phenoxy) is 1. The Hall–Kier alpha value is -2.20. The van der Waals surface area contributed by atoms with Crippen molar-refractivity contribution in [3.05, 3.63) is 29.5 Å². The summed E-state index contributed by atoms with van der Waals surface area (Å²) in [6.45, 7) is 1.89. The first kappa shape index (κ1) is 18.1. The fourth-order valence-corrected chi connectivity index (χ4v) is 4.01. The molecule has 10 heteroatoms. The van der Waals surface area contributed by atoms with Crippen LogP contribution in [-0.4, -0.2) is 37.0 Å². The molecule has 2 rings (SSSR count). The number of nitrogens with one attached hydrogen (secondary N) is 1. The van der Waals surface area contributed by atoms with Crippen LogP contribution in [-0.2, 0) is 9.84 Å². The molecular formula is C14H15FN2O5S2. The topological polar surface area (TPSA) is 106 Å². The lowest BCUT2D eigenvalue weighted by molar-refractivity contribution is 0.102. The minimum Gasteiger partial charge on any atom is -0.504 e. The Labute approximate surface area is 142 Å². The van der Waals surface area contributed by atoms with Gasteiger partial charge in [0.25, 0.3) is 5.91 Å². The summed E-state index contributed by atoms with van der Waals surface area (Å²) in [6.07, 6.45) is 1.18. The molecule has 0 unspecified atom stereocenters. The van der Waals surface area contributed by atoms with Gasteiger partial charge in [0.2, 0.25) is 6.86 Å². The number of hydrogen-bond acceptors (Lipinski definition) is 7. The highest BCUT2D eigenvalue weighted by Gasteiger charge is 2.19. The summed E-state index contributed by atoms with van der Waals surface area (Å²) >= 11 is 0.841. The standard InChI is InChI=1S/C14H15FN2O5S2/c1-3-24(20,21)11-6-16-14(23-11)17-13(19)9-4-5-10(22-7-15)12(18)8(9)2/h4-6,18H,3,7H2,1-2H3,(H,16,17,19). The fraction of sp³-hybridized carbons (Fsp3) is 0.286. The molecule has 0 fully saturated rings. The number of nitrogens with zero attached hydrogens (tertiary/aromatic N) is 1. The van der Waals surface area contributed by atoms with Gasteiger partial charge in [-0.3, -0.25) is 10.1 Å². The van der Waals surface area contributed by atoms with Crippen LogP contribution in [0.25, 0.3) is 0 Å². The van der Waals surface area contributed by atoms with Crippen molar-refractivity contribution in [1.82, 2.24) is 4.98 Å². The highest BCUT2D eigenvalue weighted by Crippen LogP contribution is 2.32. The summed E-state index contributed by atoms with van der Waals surface area (Å²) in [7, 11) is -3.39. The third-order valence-corrected chi connectivity index (χ3v) is 6.44. The lowest BCUT2D eigenvalue weighted by Crippen LogP contribution is -2.13. The van der Waals surface area contributed by atoms with E-state index in [1.807, 2.05) is 0 Å². The predicted molar refractivity (Wildman–Crippen MR) is 87.2 cm³/mol. The van der Waals surface area contributed by atoms with Gasteiger partial charge in [-0.25, -0.2) is 17.8 Å². The minimum atomic E-state index is -3.39. The summed E-state index contributed by atoms with van der Waals surface area (Å²) in [5.74, 6) is -1.05. The van der Waals surface area contributed by atoms with E-state index in [1.165, 1.54) is 32.2 Å². The molecule has 0 spiro atoms. The lowest BCUT2D eigenvalue weighted by atomic mass is 10.1. The zero-order chi connectivity index (χ0) is 17.9. The maximum absolute atomic E-state index is 12.3. The summed E-state index contributed by atoms with van der Waals surface area (Å²) in [5, 5.41) is 12.5. The van der Waals surface area contributed by atoms with Gasteiger partial charge in [0, 0.05) is 11.1 Å². The van der Waals surface area contributed by atoms with E-state index in [2.05, 4.69) is 15.0 Å². The van der Waals surface area contributed by atoms with Crippen molar-refractivity contribution in [2.45, 2.75) is 18.1 Å². The van der Waals surface area contributed by atoms with E-state index in [9.17, 15) is 22.7 Å². The van der Waals surface area contributed by atoms with Crippen LogP contribution in [0.2, 0.25) is 0 Å². The number of halogens is 1. The number of rotatable bonds is 6. The van der Waals surface area contributed by atoms with Crippen molar-refractivity contribution in [3.63, 3.8) is 0 Å². The van der Waals surface area contributed by atoms with Crippen molar-refractivity contribution in [2.75, 3.05) is 17.9 Å². The summed E-state index contributed by atoms with van der Waals surface area (Å²) in [4.78, 5) is 16.1. The first-order chi connectivity index (χ1) is 11.3. The molecule has 0 radical (unpaired) electrons. The number of hydrogen-bond donors (Lipinski definition) is 2. The Balaban J connectivity index is 2.23. The molecule has 1 aromatic heterocycles. The van der Waals surface area contributed by atoms with E-state index in [4.69, 9.17) is 0 Å². The van der Waals surface area contributed by atoms with Crippen molar-refractivity contribution >= 4 is 32.2 Å². The average Bonchev–Trinajstić information content (AvgIpc) is 3.01. The maximum atomic E-state index is 12.3. The van der Waals surface area contributed by atoms with Gasteiger partial charge in [0.15, 0.2) is 26.5 Å². The number of sulfone groups is 1. The fourth-order valence-electron chi connectivity index (χ4n) is 1.86. The molecule has 24 heavy (non-hydrogen) atoms. The average molecular weight is 374 g/mol. The van der Waals surface area contributed by atoms with Crippen LogP contribution >= 0.6 is 11.3 Å². The van der Waals surface area contributed by atoms with Gasteiger partial charge >= 0.3 is 0 Å². The van der Waals surface area contributed by atoms with E-state index >= 15 is 0 Å². The zero-order valence-corrected chi connectivity index (χ0v) is 14.5. The number of anilines is 1. The molecule has 0 aliphatic carbocycles. The smallest absolute Gasteiger partial charge is 0.257 e. The van der Waals surface area contributed by atoms with Crippen LogP contribution in [0.5, 0.6) is 11.5 Å². The SMILES string of the molecule is CCS(=O)(=O)c1cnc(NC(=O)c2ccc(OCF)c(O)c2C)s1. The van der Waals surface area contributed by atoms with Crippen molar-refractivity contribution in [1.29, 1.82) is 0 Å². The maximum Gasteiger partial charge on any atom is 0.257 e. The number of carbonyl (C=O) groups is 1. The first-order valence-corrected chi connectivity index (χ1v) is 9.28. The molecule has 0 atom stereocenters. The van der Waals surface area contributed by atoms with Crippen LogP contribution in [0, 0.1) is 6.92 Å². The third kappa shape index (κ3) is 3.65. The number of amides is 1. The number of aromatic hydroxyl groups is 1. The van der Waals surface area contributed by atoms with Crippen LogP contribution in [0.3, 0.4) is 0 Å². The number of carbonyl (C=O) groups excluding carboxylic acids is 1. The van der Waals surface area contributed by atoms with E-state index in [0.29, 0.717) is 0 Å². The lowest BCUT2D eigenvalue weighted by Gasteiger charge is -2.10. The molecular weight excluding hydrogens is 359 g/mol. The first-order valence-electron chi connectivity index (χ1n) is 6.81. The number of alkyl halides is 1. The molecule has 0 aliphatic rings. The molecule has 2 aromatic rings. The second-order valence-electron chi connectivity index (χ2n) is 4.68. The molecule has 130 valence electrons. The monoisotopic (exact) mass is 374 g/mol. The molecule has 1 amide bonds. The number of thiazole rings is 1. The predicted octanol–water partition coefficient (Wildman–Crippen LogP) is 2.51. The molecule has 1 aromatic carbocycles. The van der Waals surface area contributed by atoms with Gasteiger partial charge in [0.1, 0.15) is 4.21 Å². The minimum absolute atomic E-state index is 0.0616. The zero-order valence-electron chi connectivity index (χ0n) is 12.9. The molecule has 2 N–H and O–H groups in total. The van der Waals surface area contributed by atoms with Gasteiger partial charge in [-0.2, -0.15) is 0 Å². The Kier molecular flexibility index (Phi) is 5.40. The van der Waals surface area contributed by atoms with E-state index in [1.54, 1.807) is 0 Å². The second-order valence-corrected chi connectivity index (χ2v) is 8.22. The highest BCUT2D eigenvalue weighted by molar-refractivity contribution is 7.93. The van der Waals surface area contributed by atoms with Crippen molar-refractivity contribution in [2.24, 2.45) is 0 Å². The van der Waals surface area contributed by atoms with E-state index in [-0.39, 0.29) is 37.7 Å². The van der Waals surface area contributed by atoms with Crippen LogP contribution in [0.1, 0.15) is 22.8 Å². The molecule has 0 bridgehead atoms. The van der Waals surface area contributed by atoms with Gasteiger partial charge in [0.05, 0.1) is 11.9 Å². The largest absolute Gasteiger partial charge is 0.504 e. The summed E-state index contributed by atoms with van der Waals surface area (Å²) in [5.41, 5.74) is 0.338. The van der Waals surface area contributed by atoms with Crippen molar-refractivity contribution in [3.8, 4) is 11.5 Å². The molecule has 7 nitrogen and oxygen atoms in total. The van der Waals surface area contributed by atoms with Crippen molar-refractivity contribution < 1.29 is 27.4 Å². The van der Waals surface area contributed by atoms with Gasteiger partial charge in [-0.05, 0) is 19.1 Å². The van der Waals surface area contributed by atoms with Gasteiger partial charge in [-0.15, -0.1) is 0 Å². The Morgan fingerprint density at radius 3 is 2.79 bits per heavy atom. The summed E-state index contributed by atoms with van der Waals surface area (Å²) in [6, 6.07) is 2.64. The van der Waals surface area contributed by atoms with Gasteiger partial charge in [-0.1, -0.05) is 18.3 Å². The summed E-state index contributed by atoms with van der Waals surface area (Å²) < 4.78 is 40.4. The number of aromatic nitrogens is 1. The van der Waals surface area contributed by atoms with Crippen LogP contribution in [0.4, 0.5) is 9.52 Å². The molecule has 0 saturated heterocycles. The number of phenols is 1. The number of phenolic OH excluding ortho intramolecular Hbond substituents is 1. The normalized spacial score (nSPS) is 11.3. The molecule has 1 heterocycles. The number of benzene rings is 1. The quantitative estimate of drug-likeness (QED) is 0.805. The Morgan fingerprint density at radius 2 is 2.17 bits per heavy atom. The highest BCUT2D eigenvalue weighted by atomic mass is 32.2.